The lowest BCUT2D eigenvalue weighted by Gasteiger charge is -2.37. The molecule has 154 valence electrons. The number of guanidine groups is 1. The molecular weight excluding hydrogens is 467 g/mol. The molecule has 3 rings (SSSR count). The highest BCUT2D eigenvalue weighted by molar-refractivity contribution is 14.0. The monoisotopic (exact) mass is 498 g/mol. The van der Waals surface area contributed by atoms with E-state index < -0.39 is 0 Å². The van der Waals surface area contributed by atoms with E-state index in [4.69, 9.17) is 4.52 Å². The maximum absolute atomic E-state index is 5.00. The molecule has 2 N–H and O–H groups in total. The number of hydrogen-bond acceptors (Lipinski definition) is 5. The summed E-state index contributed by atoms with van der Waals surface area (Å²) < 4.78 is 5.00. The van der Waals surface area contributed by atoms with Crippen LogP contribution in [-0.4, -0.2) is 46.7 Å². The zero-order valence-electron chi connectivity index (χ0n) is 16.9. The summed E-state index contributed by atoms with van der Waals surface area (Å²) in [6.45, 7) is 9.54. The summed E-state index contributed by atoms with van der Waals surface area (Å²) in [4.78, 5) is 11.3. The van der Waals surface area contributed by atoms with E-state index in [-0.39, 0.29) is 24.0 Å². The lowest BCUT2D eigenvalue weighted by Crippen LogP contribution is -2.49. The Labute approximate surface area is 184 Å². The third kappa shape index (κ3) is 6.44. The Bertz CT molecular complexity index is 727. The van der Waals surface area contributed by atoms with Crippen LogP contribution in [-0.2, 0) is 6.54 Å². The molecule has 0 aliphatic carbocycles. The molecule has 0 radical (unpaired) electrons. The van der Waals surface area contributed by atoms with Gasteiger partial charge in [0.15, 0.2) is 11.8 Å². The molecular formula is C20H31IN6O. The highest BCUT2D eigenvalue weighted by Crippen LogP contribution is 2.23. The van der Waals surface area contributed by atoms with E-state index in [0.717, 1.165) is 38.4 Å². The Kier molecular flexibility index (Phi) is 9.17. The van der Waals surface area contributed by atoms with Crippen LogP contribution in [0, 0.1) is 6.92 Å². The van der Waals surface area contributed by atoms with Crippen LogP contribution in [0.4, 0.5) is 0 Å². The molecule has 28 heavy (non-hydrogen) atoms. The number of benzene rings is 1. The van der Waals surface area contributed by atoms with Crippen LogP contribution in [0.5, 0.6) is 0 Å². The van der Waals surface area contributed by atoms with Gasteiger partial charge in [-0.1, -0.05) is 35.5 Å². The normalized spacial score (nSPS) is 17.0. The van der Waals surface area contributed by atoms with E-state index in [1.54, 1.807) is 6.92 Å². The van der Waals surface area contributed by atoms with Crippen molar-refractivity contribution in [3.63, 3.8) is 0 Å². The lowest BCUT2D eigenvalue weighted by molar-refractivity contribution is 0.158. The van der Waals surface area contributed by atoms with Gasteiger partial charge in [-0.2, -0.15) is 4.98 Å². The molecule has 1 unspecified atom stereocenters. The molecule has 2 aromatic rings. The molecule has 8 heteroatoms. The minimum atomic E-state index is 0. The molecule has 1 aliphatic heterocycles. The quantitative estimate of drug-likeness (QED) is 0.362. The molecule has 0 saturated carbocycles. The van der Waals surface area contributed by atoms with Gasteiger partial charge in [0.1, 0.15) is 6.54 Å². The van der Waals surface area contributed by atoms with E-state index in [2.05, 4.69) is 74.8 Å². The molecule has 2 heterocycles. The third-order valence-corrected chi connectivity index (χ3v) is 4.99. The van der Waals surface area contributed by atoms with E-state index in [1.165, 1.54) is 5.56 Å². The molecule has 1 aromatic carbocycles. The van der Waals surface area contributed by atoms with Gasteiger partial charge in [-0.25, -0.2) is 4.99 Å². The molecule has 0 bridgehead atoms. The first-order valence-electron chi connectivity index (χ1n) is 9.78. The van der Waals surface area contributed by atoms with Gasteiger partial charge in [0, 0.05) is 38.6 Å². The first-order chi connectivity index (χ1) is 13.2. The Hall–Kier alpha value is -1.68. The molecule has 1 aliphatic rings. The van der Waals surface area contributed by atoms with Crippen molar-refractivity contribution in [3.8, 4) is 0 Å². The van der Waals surface area contributed by atoms with Crippen molar-refractivity contribution in [2.24, 2.45) is 4.99 Å². The zero-order valence-corrected chi connectivity index (χ0v) is 19.2. The summed E-state index contributed by atoms with van der Waals surface area (Å²) in [5, 5.41) is 10.8. The maximum Gasteiger partial charge on any atom is 0.223 e. The third-order valence-electron chi connectivity index (χ3n) is 4.99. The first kappa shape index (κ1) is 22.6. The lowest BCUT2D eigenvalue weighted by atomic mass is 10.0. The van der Waals surface area contributed by atoms with Crippen LogP contribution >= 0.6 is 24.0 Å². The van der Waals surface area contributed by atoms with Crippen LogP contribution in [0.15, 0.2) is 39.8 Å². The van der Waals surface area contributed by atoms with Crippen molar-refractivity contribution in [2.45, 2.75) is 52.2 Å². The second-order valence-corrected chi connectivity index (χ2v) is 6.97. The van der Waals surface area contributed by atoms with Crippen molar-refractivity contribution in [1.82, 2.24) is 25.7 Å². The van der Waals surface area contributed by atoms with Gasteiger partial charge in [-0.05, 0) is 32.3 Å². The number of hydrogen-bond donors (Lipinski definition) is 2. The van der Waals surface area contributed by atoms with E-state index in [0.29, 0.717) is 30.3 Å². The number of likely N-dealkylation sites (tertiary alicyclic amines) is 1. The van der Waals surface area contributed by atoms with Crippen LogP contribution in [0.2, 0.25) is 0 Å². The number of aromatic nitrogens is 2. The second kappa shape index (κ2) is 11.4. The van der Waals surface area contributed by atoms with Crippen molar-refractivity contribution < 1.29 is 4.52 Å². The van der Waals surface area contributed by atoms with Crippen LogP contribution in [0.1, 0.15) is 50.0 Å². The Morgan fingerprint density at radius 1 is 1.29 bits per heavy atom. The van der Waals surface area contributed by atoms with Crippen LogP contribution in [0.3, 0.4) is 0 Å². The molecule has 1 saturated heterocycles. The Morgan fingerprint density at radius 2 is 2.00 bits per heavy atom. The maximum atomic E-state index is 5.00. The summed E-state index contributed by atoms with van der Waals surface area (Å²) in [7, 11) is 0. The van der Waals surface area contributed by atoms with E-state index in [9.17, 15) is 0 Å². The highest BCUT2D eigenvalue weighted by atomic mass is 127. The van der Waals surface area contributed by atoms with Crippen molar-refractivity contribution in [3.05, 3.63) is 47.6 Å². The summed E-state index contributed by atoms with van der Waals surface area (Å²) in [5.74, 6) is 1.99. The summed E-state index contributed by atoms with van der Waals surface area (Å²) >= 11 is 0. The van der Waals surface area contributed by atoms with Crippen molar-refractivity contribution in [1.29, 1.82) is 0 Å². The van der Waals surface area contributed by atoms with Gasteiger partial charge < -0.3 is 15.2 Å². The first-order valence-corrected chi connectivity index (χ1v) is 9.78. The number of piperidine rings is 1. The smallest absolute Gasteiger partial charge is 0.223 e. The van der Waals surface area contributed by atoms with Gasteiger partial charge in [0.05, 0.1) is 0 Å². The summed E-state index contributed by atoms with van der Waals surface area (Å²) in [5.41, 5.74) is 1.38. The molecule has 7 nitrogen and oxygen atoms in total. The van der Waals surface area contributed by atoms with Gasteiger partial charge in [0.25, 0.3) is 0 Å². The molecule has 0 amide bonds. The molecule has 0 spiro atoms. The van der Waals surface area contributed by atoms with E-state index >= 15 is 0 Å². The average Bonchev–Trinajstić information content (AvgIpc) is 3.12. The van der Waals surface area contributed by atoms with E-state index in [1.807, 2.05) is 0 Å². The minimum absolute atomic E-state index is 0. The summed E-state index contributed by atoms with van der Waals surface area (Å²) in [6.07, 6.45) is 2.20. The largest absolute Gasteiger partial charge is 0.357 e. The van der Waals surface area contributed by atoms with Gasteiger partial charge in [0.2, 0.25) is 5.89 Å². The van der Waals surface area contributed by atoms with Crippen LogP contribution < -0.4 is 10.6 Å². The number of aryl methyl sites for hydroxylation is 1. The number of halogens is 1. The topological polar surface area (TPSA) is 78.6 Å². The highest BCUT2D eigenvalue weighted by Gasteiger charge is 2.24. The van der Waals surface area contributed by atoms with Crippen LogP contribution in [0.25, 0.3) is 0 Å². The summed E-state index contributed by atoms with van der Waals surface area (Å²) in [6, 6.07) is 11.6. The van der Waals surface area contributed by atoms with Crippen molar-refractivity contribution >= 4 is 29.9 Å². The fourth-order valence-corrected chi connectivity index (χ4v) is 3.44. The number of nitrogens with one attached hydrogen (secondary N) is 2. The van der Waals surface area contributed by atoms with Gasteiger partial charge >= 0.3 is 0 Å². The predicted molar refractivity (Wildman–Crippen MR) is 122 cm³/mol. The average molecular weight is 498 g/mol. The fraction of sp³-hybridized carbons (Fsp3) is 0.550. The number of rotatable bonds is 6. The SMILES string of the molecule is CCNC(=NCc1noc(C)n1)NC1CCN(C(C)c2ccccc2)CC1.I. The molecule has 1 atom stereocenters. The Balaban J connectivity index is 0.00000280. The second-order valence-electron chi connectivity index (χ2n) is 6.97. The standard InChI is InChI=1S/C20H30N6O.HI/c1-4-21-20(22-14-19-23-16(3)27-25-19)24-18-10-12-26(13-11-18)15(2)17-8-6-5-7-9-17;/h5-9,15,18H,4,10-14H2,1-3H3,(H2,21,22,24);1H. The predicted octanol–water partition coefficient (Wildman–Crippen LogP) is 3.28. The van der Waals surface area contributed by atoms with Gasteiger partial charge in [-0.3, -0.25) is 4.90 Å². The molecule has 1 fully saturated rings. The van der Waals surface area contributed by atoms with Crippen molar-refractivity contribution in [2.75, 3.05) is 19.6 Å². The Morgan fingerprint density at radius 3 is 2.61 bits per heavy atom. The van der Waals surface area contributed by atoms with Gasteiger partial charge in [-0.15, -0.1) is 24.0 Å². The number of aliphatic imine (C=N–C) groups is 1. The fourth-order valence-electron chi connectivity index (χ4n) is 3.44. The minimum Gasteiger partial charge on any atom is -0.357 e. The molecule has 1 aromatic heterocycles. The zero-order chi connectivity index (χ0) is 19.1. The number of nitrogens with zero attached hydrogens (tertiary/aromatic N) is 4.